The third-order valence-corrected chi connectivity index (χ3v) is 1.40. The number of guanidine groups is 2. The second-order valence-corrected chi connectivity index (χ2v) is 2.59. The summed E-state index contributed by atoms with van der Waals surface area (Å²) in [5.74, 6) is -0.244. The molecule has 0 aliphatic carbocycles. The zero-order valence-corrected chi connectivity index (χ0v) is 8.56. The van der Waals surface area contributed by atoms with E-state index in [1.54, 1.807) is 12.1 Å². The normalized spacial score (nSPS) is 8.53. The molecule has 1 aromatic carbocycles. The molecule has 0 saturated carbocycles. The number of hydrogen-bond acceptors (Lipinski definition) is 3. The molecular formula is C8H12ClN5O. The lowest BCUT2D eigenvalue weighted by Crippen LogP contribution is -2.39. The molecule has 0 unspecified atom stereocenters. The van der Waals surface area contributed by atoms with Crippen LogP contribution in [0.15, 0.2) is 24.3 Å². The largest absolute Gasteiger partial charge is 0.508 e. The fourth-order valence-electron chi connectivity index (χ4n) is 0.855. The molecule has 0 aliphatic rings. The maximum absolute atomic E-state index is 8.99. The Morgan fingerprint density at radius 2 is 1.73 bits per heavy atom. The van der Waals surface area contributed by atoms with Crippen molar-refractivity contribution in [3.63, 3.8) is 0 Å². The van der Waals surface area contributed by atoms with Gasteiger partial charge in [0, 0.05) is 5.69 Å². The van der Waals surface area contributed by atoms with Crippen molar-refractivity contribution in [1.82, 2.24) is 5.32 Å². The number of phenols is 1. The van der Waals surface area contributed by atoms with E-state index in [4.69, 9.17) is 21.7 Å². The summed E-state index contributed by atoms with van der Waals surface area (Å²) in [6, 6.07) is 6.18. The van der Waals surface area contributed by atoms with Crippen molar-refractivity contribution in [3.05, 3.63) is 24.3 Å². The van der Waals surface area contributed by atoms with E-state index in [1.165, 1.54) is 12.1 Å². The smallest absolute Gasteiger partial charge is 0.199 e. The molecule has 0 aliphatic heterocycles. The van der Waals surface area contributed by atoms with Gasteiger partial charge in [0.05, 0.1) is 0 Å². The first-order valence-corrected chi connectivity index (χ1v) is 3.83. The summed E-state index contributed by atoms with van der Waals surface area (Å²) in [5, 5.41) is 28.1. The Balaban J connectivity index is 0.00000196. The summed E-state index contributed by atoms with van der Waals surface area (Å²) in [7, 11) is 0. The minimum absolute atomic E-state index is 0. The summed E-state index contributed by atoms with van der Waals surface area (Å²) in [4.78, 5) is 0. The number of anilines is 1. The molecule has 0 amide bonds. The van der Waals surface area contributed by atoms with E-state index in [-0.39, 0.29) is 30.1 Å². The molecule has 0 heterocycles. The molecular weight excluding hydrogens is 218 g/mol. The molecule has 15 heavy (non-hydrogen) atoms. The summed E-state index contributed by atoms with van der Waals surface area (Å²) >= 11 is 0. The Labute approximate surface area is 92.9 Å². The van der Waals surface area contributed by atoms with Gasteiger partial charge in [0.2, 0.25) is 0 Å². The Morgan fingerprint density at radius 1 is 1.20 bits per heavy atom. The van der Waals surface area contributed by atoms with Crippen molar-refractivity contribution >= 4 is 30.0 Å². The van der Waals surface area contributed by atoms with Crippen molar-refractivity contribution in [1.29, 1.82) is 10.8 Å². The lowest BCUT2D eigenvalue weighted by molar-refractivity contribution is 0.475. The van der Waals surface area contributed by atoms with Crippen molar-refractivity contribution in [3.8, 4) is 5.75 Å². The van der Waals surface area contributed by atoms with Crippen molar-refractivity contribution in [2.45, 2.75) is 0 Å². The van der Waals surface area contributed by atoms with Gasteiger partial charge in [0.1, 0.15) is 5.75 Å². The van der Waals surface area contributed by atoms with Crippen molar-refractivity contribution in [2.75, 3.05) is 5.32 Å². The van der Waals surface area contributed by atoms with Crippen LogP contribution in [0.3, 0.4) is 0 Å². The fourth-order valence-corrected chi connectivity index (χ4v) is 0.855. The minimum atomic E-state index is -0.304. The Hall–Kier alpha value is -1.95. The molecule has 6 nitrogen and oxygen atoms in total. The van der Waals surface area contributed by atoms with Crippen LogP contribution in [-0.4, -0.2) is 17.0 Å². The number of benzene rings is 1. The van der Waals surface area contributed by atoms with E-state index in [0.29, 0.717) is 5.69 Å². The van der Waals surface area contributed by atoms with Crippen LogP contribution >= 0.6 is 12.4 Å². The quantitative estimate of drug-likeness (QED) is 0.241. The van der Waals surface area contributed by atoms with Crippen molar-refractivity contribution < 1.29 is 5.11 Å². The maximum Gasteiger partial charge on any atom is 0.199 e. The van der Waals surface area contributed by atoms with Gasteiger partial charge in [0.15, 0.2) is 11.9 Å². The van der Waals surface area contributed by atoms with Gasteiger partial charge in [0.25, 0.3) is 0 Å². The number of nitrogens with one attached hydrogen (secondary N) is 4. The first-order valence-electron chi connectivity index (χ1n) is 3.83. The molecule has 0 radical (unpaired) electrons. The predicted molar refractivity (Wildman–Crippen MR) is 61.8 cm³/mol. The van der Waals surface area contributed by atoms with Crippen LogP contribution in [0.4, 0.5) is 5.69 Å². The average molecular weight is 230 g/mol. The first-order chi connectivity index (χ1) is 6.58. The molecule has 0 saturated heterocycles. The SMILES string of the molecule is Cl.N=C(N)NC(=N)Nc1ccc(O)cc1. The van der Waals surface area contributed by atoms with E-state index in [2.05, 4.69) is 10.6 Å². The van der Waals surface area contributed by atoms with E-state index < -0.39 is 0 Å². The molecule has 82 valence electrons. The highest BCUT2D eigenvalue weighted by Gasteiger charge is 1.97. The first kappa shape index (κ1) is 13.1. The van der Waals surface area contributed by atoms with Crippen molar-refractivity contribution in [2.24, 2.45) is 5.73 Å². The second-order valence-electron chi connectivity index (χ2n) is 2.59. The molecule has 1 aromatic rings. The van der Waals surface area contributed by atoms with Gasteiger partial charge in [-0.25, -0.2) is 0 Å². The van der Waals surface area contributed by atoms with Crippen LogP contribution in [0.1, 0.15) is 0 Å². The van der Waals surface area contributed by atoms with E-state index in [0.717, 1.165) is 0 Å². The Bertz CT molecular complexity index is 351. The Morgan fingerprint density at radius 3 is 2.20 bits per heavy atom. The van der Waals surface area contributed by atoms with Crippen LogP contribution in [0, 0.1) is 10.8 Å². The second kappa shape index (κ2) is 5.71. The Kier molecular flexibility index (Phi) is 4.97. The topological polar surface area (TPSA) is 118 Å². The van der Waals surface area contributed by atoms with Crippen LogP contribution in [-0.2, 0) is 0 Å². The van der Waals surface area contributed by atoms with Gasteiger partial charge < -0.3 is 16.2 Å². The van der Waals surface area contributed by atoms with Crippen LogP contribution in [0.2, 0.25) is 0 Å². The molecule has 0 bridgehead atoms. The number of aromatic hydroxyl groups is 1. The standard InChI is InChI=1S/C8H11N5O.ClH/c9-7(10)13-8(11)12-5-1-3-6(14)4-2-5;/h1-4,14H,(H6,9,10,11,12,13);1H. The third kappa shape index (κ3) is 4.72. The van der Waals surface area contributed by atoms with Gasteiger partial charge in [-0.3, -0.25) is 16.1 Å². The average Bonchev–Trinajstić information content (AvgIpc) is 2.07. The van der Waals surface area contributed by atoms with E-state index in [9.17, 15) is 0 Å². The summed E-state index contributed by atoms with van der Waals surface area (Å²) in [5.41, 5.74) is 5.65. The number of nitrogens with two attached hydrogens (primary N) is 1. The molecule has 1 rings (SSSR count). The molecule has 7 N–H and O–H groups in total. The monoisotopic (exact) mass is 229 g/mol. The highest BCUT2D eigenvalue weighted by Crippen LogP contribution is 2.12. The molecule has 0 spiro atoms. The van der Waals surface area contributed by atoms with E-state index in [1.807, 2.05) is 0 Å². The summed E-state index contributed by atoms with van der Waals surface area (Å²) in [6.07, 6.45) is 0. The summed E-state index contributed by atoms with van der Waals surface area (Å²) < 4.78 is 0. The van der Waals surface area contributed by atoms with Crippen LogP contribution < -0.4 is 16.4 Å². The van der Waals surface area contributed by atoms with Crippen LogP contribution in [0.5, 0.6) is 5.75 Å². The fraction of sp³-hybridized carbons (Fsp3) is 0. The zero-order valence-electron chi connectivity index (χ0n) is 7.74. The van der Waals surface area contributed by atoms with Gasteiger partial charge in [-0.15, -0.1) is 12.4 Å². The predicted octanol–water partition coefficient (Wildman–Crippen LogP) is 0.644. The van der Waals surface area contributed by atoms with Gasteiger partial charge in [-0.05, 0) is 24.3 Å². The summed E-state index contributed by atoms with van der Waals surface area (Å²) in [6.45, 7) is 0. The maximum atomic E-state index is 8.99. The zero-order chi connectivity index (χ0) is 10.6. The van der Waals surface area contributed by atoms with Gasteiger partial charge in [-0.1, -0.05) is 0 Å². The molecule has 0 atom stereocenters. The molecule has 0 fully saturated rings. The van der Waals surface area contributed by atoms with Crippen LogP contribution in [0.25, 0.3) is 0 Å². The minimum Gasteiger partial charge on any atom is -0.508 e. The molecule has 0 aromatic heterocycles. The molecule has 7 heteroatoms. The van der Waals surface area contributed by atoms with E-state index >= 15 is 0 Å². The number of halogens is 1. The lowest BCUT2D eigenvalue weighted by Gasteiger charge is -2.08. The third-order valence-electron chi connectivity index (χ3n) is 1.40. The highest BCUT2D eigenvalue weighted by atomic mass is 35.5. The lowest BCUT2D eigenvalue weighted by atomic mass is 10.3. The number of phenolic OH excluding ortho intramolecular Hbond substituents is 1. The number of rotatable bonds is 1. The van der Waals surface area contributed by atoms with Gasteiger partial charge in [-0.2, -0.15) is 0 Å². The number of hydrogen-bond donors (Lipinski definition) is 6. The highest BCUT2D eigenvalue weighted by molar-refractivity contribution is 6.02. The van der Waals surface area contributed by atoms with Gasteiger partial charge >= 0.3 is 0 Å².